The molecule has 0 aliphatic carbocycles. The molecule has 1 aromatic heterocycles. The van der Waals surface area contributed by atoms with E-state index in [1.165, 1.54) is 6.07 Å². The lowest BCUT2D eigenvalue weighted by Crippen LogP contribution is -2.09. The van der Waals surface area contributed by atoms with Gasteiger partial charge in [-0.1, -0.05) is 33.2 Å². The van der Waals surface area contributed by atoms with Gasteiger partial charge in [-0.25, -0.2) is 0 Å². The molecule has 1 aromatic carbocycles. The van der Waals surface area contributed by atoms with E-state index >= 15 is 0 Å². The Morgan fingerprint density at radius 2 is 2.00 bits per heavy atom. The molecule has 0 spiro atoms. The molecule has 0 aliphatic rings. The Hall–Kier alpha value is -1.62. The number of carbonyl (C=O) groups is 1. The average molecular weight is 267 g/mol. The number of nitrogens with two attached hydrogens (primary N) is 1. The number of primary amides is 1. The maximum atomic E-state index is 10.8. The number of carbonyl (C=O) groups excluding carboxylic acids is 1. The first-order chi connectivity index (χ1) is 7.16. The number of amides is 1. The Morgan fingerprint density at radius 3 is 2.53 bits per heavy atom. The number of halogens is 1. The van der Waals surface area contributed by atoms with E-state index in [0.29, 0.717) is 5.69 Å². The lowest BCUT2D eigenvalue weighted by Gasteiger charge is -1.94. The Kier molecular flexibility index (Phi) is 2.55. The van der Waals surface area contributed by atoms with Gasteiger partial charge in [0, 0.05) is 16.1 Å². The molecular formula is C10H7BrN2O2. The Labute approximate surface area is 94.2 Å². The second-order valence-corrected chi connectivity index (χ2v) is 3.86. The highest BCUT2D eigenvalue weighted by Crippen LogP contribution is 2.21. The van der Waals surface area contributed by atoms with Crippen LogP contribution >= 0.6 is 15.9 Å². The number of hydrogen-bond donors (Lipinski definition) is 1. The summed E-state index contributed by atoms with van der Waals surface area (Å²) in [6.45, 7) is 0. The molecule has 76 valence electrons. The zero-order valence-electron chi connectivity index (χ0n) is 7.61. The monoisotopic (exact) mass is 266 g/mol. The Morgan fingerprint density at radius 1 is 1.33 bits per heavy atom. The summed E-state index contributed by atoms with van der Waals surface area (Å²) in [5.41, 5.74) is 6.51. The minimum absolute atomic E-state index is 0.0629. The topological polar surface area (TPSA) is 69.1 Å². The van der Waals surface area contributed by atoms with E-state index in [9.17, 15) is 4.79 Å². The minimum atomic E-state index is -0.620. The summed E-state index contributed by atoms with van der Waals surface area (Å²) in [5.74, 6) is -0.557. The van der Waals surface area contributed by atoms with Crippen LogP contribution in [0.4, 0.5) is 0 Å². The summed E-state index contributed by atoms with van der Waals surface area (Å²) in [6.07, 6.45) is 0. The smallest absolute Gasteiger partial charge is 0.287 e. The largest absolute Gasteiger partial charge is 0.363 e. The van der Waals surface area contributed by atoms with Crippen LogP contribution in [-0.4, -0.2) is 11.1 Å². The predicted octanol–water partition coefficient (Wildman–Crippen LogP) is 2.20. The summed E-state index contributed by atoms with van der Waals surface area (Å²) >= 11 is 3.33. The van der Waals surface area contributed by atoms with Crippen LogP contribution in [0.3, 0.4) is 0 Å². The van der Waals surface area contributed by atoms with Crippen molar-refractivity contribution in [1.29, 1.82) is 0 Å². The molecule has 5 heteroatoms. The van der Waals surface area contributed by atoms with Gasteiger partial charge in [-0.15, -0.1) is 0 Å². The van der Waals surface area contributed by atoms with Crippen molar-refractivity contribution < 1.29 is 9.32 Å². The summed E-state index contributed by atoms with van der Waals surface area (Å²) in [7, 11) is 0. The third-order valence-electron chi connectivity index (χ3n) is 1.89. The molecule has 0 atom stereocenters. The van der Waals surface area contributed by atoms with Gasteiger partial charge in [0.25, 0.3) is 5.91 Å². The third kappa shape index (κ3) is 2.07. The highest BCUT2D eigenvalue weighted by molar-refractivity contribution is 9.10. The van der Waals surface area contributed by atoms with Crippen molar-refractivity contribution in [1.82, 2.24) is 5.16 Å². The molecule has 0 saturated heterocycles. The fourth-order valence-electron chi connectivity index (χ4n) is 1.15. The van der Waals surface area contributed by atoms with E-state index in [4.69, 9.17) is 10.3 Å². The van der Waals surface area contributed by atoms with Crippen molar-refractivity contribution in [2.75, 3.05) is 0 Å². The first-order valence-corrected chi connectivity index (χ1v) is 4.98. The highest BCUT2D eigenvalue weighted by Gasteiger charge is 2.10. The second kappa shape index (κ2) is 3.86. The fourth-order valence-corrected chi connectivity index (χ4v) is 1.41. The second-order valence-electron chi connectivity index (χ2n) is 2.95. The maximum Gasteiger partial charge on any atom is 0.287 e. The molecule has 15 heavy (non-hydrogen) atoms. The average Bonchev–Trinajstić information content (AvgIpc) is 2.68. The molecule has 1 amide bonds. The lowest BCUT2D eigenvalue weighted by molar-refractivity contribution is 0.0965. The molecule has 0 radical (unpaired) electrons. The standard InChI is InChI=1S/C10H7BrN2O2/c11-7-3-1-6(2-4-7)8-5-9(10(12)14)15-13-8/h1-5H,(H2,12,14). The molecule has 1 heterocycles. The molecule has 0 saturated carbocycles. The SMILES string of the molecule is NC(=O)c1cc(-c2ccc(Br)cc2)no1. The van der Waals surface area contributed by atoms with Crippen LogP contribution in [0.15, 0.2) is 39.3 Å². The van der Waals surface area contributed by atoms with Crippen LogP contribution in [0.25, 0.3) is 11.3 Å². The third-order valence-corrected chi connectivity index (χ3v) is 2.42. The molecule has 4 nitrogen and oxygen atoms in total. The van der Waals surface area contributed by atoms with E-state index in [2.05, 4.69) is 21.1 Å². The molecule has 2 N–H and O–H groups in total. The first-order valence-electron chi connectivity index (χ1n) is 4.19. The van der Waals surface area contributed by atoms with Crippen molar-refractivity contribution in [3.8, 4) is 11.3 Å². The van der Waals surface area contributed by atoms with Gasteiger partial charge in [0.2, 0.25) is 5.76 Å². The van der Waals surface area contributed by atoms with E-state index in [0.717, 1.165) is 10.0 Å². The molecule has 0 bridgehead atoms. The normalized spacial score (nSPS) is 10.2. The first kappa shape index (κ1) is 9.92. The highest BCUT2D eigenvalue weighted by atomic mass is 79.9. The van der Waals surface area contributed by atoms with Gasteiger partial charge in [-0.2, -0.15) is 0 Å². The van der Waals surface area contributed by atoms with Gasteiger partial charge in [-0.3, -0.25) is 4.79 Å². The zero-order chi connectivity index (χ0) is 10.8. The van der Waals surface area contributed by atoms with Crippen LogP contribution in [0.5, 0.6) is 0 Å². The van der Waals surface area contributed by atoms with Gasteiger partial charge >= 0.3 is 0 Å². The Bertz CT molecular complexity index is 490. The quantitative estimate of drug-likeness (QED) is 0.906. The van der Waals surface area contributed by atoms with Crippen molar-refractivity contribution in [2.45, 2.75) is 0 Å². The lowest BCUT2D eigenvalue weighted by atomic mass is 10.1. The molecular weight excluding hydrogens is 260 g/mol. The molecule has 2 rings (SSSR count). The number of aromatic nitrogens is 1. The van der Waals surface area contributed by atoms with Crippen molar-refractivity contribution in [3.63, 3.8) is 0 Å². The van der Waals surface area contributed by atoms with E-state index in [-0.39, 0.29) is 5.76 Å². The fraction of sp³-hybridized carbons (Fsp3) is 0. The van der Waals surface area contributed by atoms with Gasteiger partial charge in [0.15, 0.2) is 0 Å². The molecule has 0 unspecified atom stereocenters. The van der Waals surface area contributed by atoms with Crippen molar-refractivity contribution in [3.05, 3.63) is 40.6 Å². The number of nitrogens with zero attached hydrogens (tertiary/aromatic N) is 1. The van der Waals surface area contributed by atoms with E-state index in [1.807, 2.05) is 24.3 Å². The van der Waals surface area contributed by atoms with E-state index in [1.54, 1.807) is 0 Å². The van der Waals surface area contributed by atoms with Gasteiger partial charge in [-0.05, 0) is 12.1 Å². The van der Waals surface area contributed by atoms with Crippen molar-refractivity contribution >= 4 is 21.8 Å². The maximum absolute atomic E-state index is 10.8. The van der Waals surface area contributed by atoms with Crippen LogP contribution in [0.2, 0.25) is 0 Å². The summed E-state index contributed by atoms with van der Waals surface area (Å²) in [4.78, 5) is 10.8. The minimum Gasteiger partial charge on any atom is -0.363 e. The summed E-state index contributed by atoms with van der Waals surface area (Å²) in [6, 6.07) is 9.02. The van der Waals surface area contributed by atoms with Crippen LogP contribution in [-0.2, 0) is 0 Å². The van der Waals surface area contributed by atoms with Crippen LogP contribution < -0.4 is 5.73 Å². The van der Waals surface area contributed by atoms with Crippen LogP contribution in [0, 0.1) is 0 Å². The summed E-state index contributed by atoms with van der Waals surface area (Å²) in [5, 5.41) is 3.75. The number of rotatable bonds is 2. The van der Waals surface area contributed by atoms with Gasteiger partial charge in [0.1, 0.15) is 5.69 Å². The van der Waals surface area contributed by atoms with Crippen LogP contribution in [0.1, 0.15) is 10.6 Å². The van der Waals surface area contributed by atoms with Gasteiger partial charge < -0.3 is 10.3 Å². The predicted molar refractivity (Wildman–Crippen MR) is 58.2 cm³/mol. The number of hydrogen-bond acceptors (Lipinski definition) is 3. The van der Waals surface area contributed by atoms with Crippen molar-refractivity contribution in [2.24, 2.45) is 5.73 Å². The van der Waals surface area contributed by atoms with E-state index < -0.39 is 5.91 Å². The summed E-state index contributed by atoms with van der Waals surface area (Å²) < 4.78 is 5.75. The molecule has 0 fully saturated rings. The van der Waals surface area contributed by atoms with Gasteiger partial charge in [0.05, 0.1) is 0 Å². The molecule has 2 aromatic rings. The Balaban J connectivity index is 2.37. The molecule has 0 aliphatic heterocycles. The zero-order valence-corrected chi connectivity index (χ0v) is 9.19. The number of benzene rings is 1.